The Morgan fingerprint density at radius 3 is 2.47 bits per heavy atom. The Hall–Kier alpha value is -1.29. The van der Waals surface area contributed by atoms with Gasteiger partial charge < -0.3 is 15.4 Å². The number of aromatic nitrogens is 1. The molecule has 0 aliphatic rings. The molecule has 1 heterocycles. The van der Waals surface area contributed by atoms with Gasteiger partial charge in [-0.3, -0.25) is 0 Å². The van der Waals surface area contributed by atoms with Gasteiger partial charge in [0.15, 0.2) is 0 Å². The molecule has 0 fully saturated rings. The molecule has 4 heteroatoms. The molecule has 0 aliphatic carbocycles. The lowest BCUT2D eigenvalue weighted by Gasteiger charge is -2.10. The average Bonchev–Trinajstić information content (AvgIpc) is 2.23. The number of nitrogens with zero attached hydrogens (tertiary/aromatic N) is 2. The van der Waals surface area contributed by atoms with Crippen LogP contribution in [0.4, 0.5) is 5.82 Å². The molecule has 1 aromatic heterocycles. The van der Waals surface area contributed by atoms with E-state index >= 15 is 0 Å². The van der Waals surface area contributed by atoms with E-state index in [4.69, 9.17) is 10.5 Å². The lowest BCUT2D eigenvalue weighted by atomic mass is 10.4. The fourth-order valence-electron chi connectivity index (χ4n) is 0.823. The van der Waals surface area contributed by atoms with Gasteiger partial charge in [0.05, 0.1) is 6.20 Å². The van der Waals surface area contributed by atoms with Crippen molar-refractivity contribution in [3.8, 4) is 5.75 Å². The molecule has 0 amide bonds. The summed E-state index contributed by atoms with van der Waals surface area (Å²) in [6.45, 7) is 5.56. The normalized spacial score (nSPS) is 9.40. The molecule has 2 N–H and O–H groups in total. The predicted octanol–water partition coefficient (Wildman–Crippen LogP) is 1.63. The first-order chi connectivity index (χ1) is 7.18. The zero-order valence-corrected chi connectivity index (χ0v) is 10.0. The summed E-state index contributed by atoms with van der Waals surface area (Å²) in [5, 5.41) is 0. The molecule has 0 aromatic carbocycles. The highest BCUT2D eigenvalue weighted by molar-refractivity contribution is 5.31. The molecule has 0 bridgehead atoms. The molecule has 0 atom stereocenters. The van der Waals surface area contributed by atoms with E-state index in [0.717, 1.165) is 12.3 Å². The number of anilines is 1. The van der Waals surface area contributed by atoms with Crippen molar-refractivity contribution in [2.75, 3.05) is 33.0 Å². The molecule has 0 saturated carbocycles. The first-order valence-electron chi connectivity index (χ1n) is 5.17. The Morgan fingerprint density at radius 1 is 1.33 bits per heavy atom. The van der Waals surface area contributed by atoms with Crippen LogP contribution in [0.5, 0.6) is 5.75 Å². The lowest BCUT2D eigenvalue weighted by molar-refractivity contribution is 0.260. The van der Waals surface area contributed by atoms with Crippen LogP contribution in [0.3, 0.4) is 0 Å². The molecule has 0 aliphatic heterocycles. The highest BCUT2D eigenvalue weighted by Gasteiger charge is 1.94. The molecule has 15 heavy (non-hydrogen) atoms. The summed E-state index contributed by atoms with van der Waals surface area (Å²) >= 11 is 0. The van der Waals surface area contributed by atoms with Crippen molar-refractivity contribution in [2.45, 2.75) is 13.8 Å². The Bertz CT molecular complexity index is 247. The van der Waals surface area contributed by atoms with Gasteiger partial charge >= 0.3 is 0 Å². The van der Waals surface area contributed by atoms with Crippen molar-refractivity contribution >= 4 is 5.82 Å². The standard InChI is InChI=1S/C9H15N3O.C2H6/c1-12(2)5-6-13-8-3-4-9(10)11-7-8;1-2/h3-4,7H,5-6H2,1-2H3,(H2,10,11);1-2H3. The van der Waals surface area contributed by atoms with Gasteiger partial charge in [-0.05, 0) is 26.2 Å². The van der Waals surface area contributed by atoms with Gasteiger partial charge in [0.1, 0.15) is 18.2 Å². The SMILES string of the molecule is CC.CN(C)CCOc1ccc(N)nc1. The maximum atomic E-state index is 5.43. The number of pyridine rings is 1. The van der Waals surface area contributed by atoms with Gasteiger partial charge in [-0.1, -0.05) is 13.8 Å². The minimum Gasteiger partial charge on any atom is -0.491 e. The highest BCUT2D eigenvalue weighted by Crippen LogP contribution is 2.09. The van der Waals surface area contributed by atoms with E-state index in [1.54, 1.807) is 12.3 Å². The molecule has 0 saturated heterocycles. The summed E-state index contributed by atoms with van der Waals surface area (Å²) in [7, 11) is 4.01. The van der Waals surface area contributed by atoms with Crippen LogP contribution in [0.1, 0.15) is 13.8 Å². The van der Waals surface area contributed by atoms with Crippen LogP contribution in [0, 0.1) is 0 Å². The van der Waals surface area contributed by atoms with E-state index in [2.05, 4.69) is 9.88 Å². The Morgan fingerprint density at radius 2 is 2.00 bits per heavy atom. The van der Waals surface area contributed by atoms with Gasteiger partial charge in [-0.2, -0.15) is 0 Å². The van der Waals surface area contributed by atoms with Crippen LogP contribution in [-0.2, 0) is 0 Å². The van der Waals surface area contributed by atoms with Crippen LogP contribution < -0.4 is 10.5 Å². The molecule has 0 spiro atoms. The summed E-state index contributed by atoms with van der Waals surface area (Å²) < 4.78 is 5.41. The third-order valence-corrected chi connectivity index (χ3v) is 1.57. The van der Waals surface area contributed by atoms with Crippen molar-refractivity contribution < 1.29 is 4.74 Å². The first kappa shape index (κ1) is 13.7. The monoisotopic (exact) mass is 211 g/mol. The largest absolute Gasteiger partial charge is 0.491 e. The zero-order valence-electron chi connectivity index (χ0n) is 10.0. The van der Waals surface area contributed by atoms with E-state index in [0.29, 0.717) is 12.4 Å². The van der Waals surface area contributed by atoms with Crippen molar-refractivity contribution in [1.29, 1.82) is 0 Å². The fraction of sp³-hybridized carbons (Fsp3) is 0.545. The molecule has 4 nitrogen and oxygen atoms in total. The van der Waals surface area contributed by atoms with E-state index in [9.17, 15) is 0 Å². The number of rotatable bonds is 4. The van der Waals surface area contributed by atoms with E-state index in [-0.39, 0.29) is 0 Å². The van der Waals surface area contributed by atoms with Crippen LogP contribution in [0.15, 0.2) is 18.3 Å². The Balaban J connectivity index is 0.000000921. The third-order valence-electron chi connectivity index (χ3n) is 1.57. The molecular formula is C11H21N3O. The predicted molar refractivity (Wildman–Crippen MR) is 64.0 cm³/mol. The fourth-order valence-corrected chi connectivity index (χ4v) is 0.823. The molecule has 86 valence electrons. The average molecular weight is 211 g/mol. The maximum Gasteiger partial charge on any atom is 0.137 e. The van der Waals surface area contributed by atoms with E-state index in [1.807, 2.05) is 34.0 Å². The van der Waals surface area contributed by atoms with Crippen molar-refractivity contribution in [3.05, 3.63) is 18.3 Å². The van der Waals surface area contributed by atoms with Gasteiger partial charge in [0, 0.05) is 6.54 Å². The first-order valence-corrected chi connectivity index (χ1v) is 5.17. The van der Waals surface area contributed by atoms with Gasteiger partial charge in [-0.15, -0.1) is 0 Å². The number of hydrogen-bond acceptors (Lipinski definition) is 4. The molecule has 0 radical (unpaired) electrons. The number of nitrogens with two attached hydrogens (primary N) is 1. The summed E-state index contributed by atoms with van der Waals surface area (Å²) in [5.41, 5.74) is 5.43. The quantitative estimate of drug-likeness (QED) is 0.822. The van der Waals surface area contributed by atoms with Crippen LogP contribution in [0.25, 0.3) is 0 Å². The van der Waals surface area contributed by atoms with Gasteiger partial charge in [0.2, 0.25) is 0 Å². The second-order valence-electron chi connectivity index (χ2n) is 3.07. The number of hydrogen-bond donors (Lipinski definition) is 1. The highest BCUT2D eigenvalue weighted by atomic mass is 16.5. The Labute approximate surface area is 92.1 Å². The minimum atomic E-state index is 0.514. The topological polar surface area (TPSA) is 51.4 Å². The maximum absolute atomic E-state index is 5.43. The number of ether oxygens (including phenoxy) is 1. The van der Waals surface area contributed by atoms with Gasteiger partial charge in [-0.25, -0.2) is 4.98 Å². The summed E-state index contributed by atoms with van der Waals surface area (Å²) in [4.78, 5) is 5.98. The third kappa shape index (κ3) is 6.74. The second kappa shape index (κ2) is 8.05. The molecule has 0 unspecified atom stereocenters. The van der Waals surface area contributed by atoms with Crippen LogP contribution in [0.2, 0.25) is 0 Å². The van der Waals surface area contributed by atoms with Crippen LogP contribution in [-0.4, -0.2) is 37.1 Å². The zero-order chi connectivity index (χ0) is 11.7. The smallest absolute Gasteiger partial charge is 0.137 e. The molecular weight excluding hydrogens is 190 g/mol. The van der Waals surface area contributed by atoms with Crippen molar-refractivity contribution in [2.24, 2.45) is 0 Å². The number of likely N-dealkylation sites (N-methyl/N-ethyl adjacent to an activating group) is 1. The molecule has 1 rings (SSSR count). The summed E-state index contributed by atoms with van der Waals surface area (Å²) in [6.07, 6.45) is 1.63. The Kier molecular flexibility index (Phi) is 7.36. The lowest BCUT2D eigenvalue weighted by Crippen LogP contribution is -2.19. The van der Waals surface area contributed by atoms with Gasteiger partial charge in [0.25, 0.3) is 0 Å². The van der Waals surface area contributed by atoms with E-state index in [1.165, 1.54) is 0 Å². The molecule has 1 aromatic rings. The van der Waals surface area contributed by atoms with Crippen molar-refractivity contribution in [3.63, 3.8) is 0 Å². The summed E-state index contributed by atoms with van der Waals surface area (Å²) in [6, 6.07) is 3.54. The number of nitrogen functional groups attached to an aromatic ring is 1. The van der Waals surface area contributed by atoms with Crippen molar-refractivity contribution in [1.82, 2.24) is 9.88 Å². The minimum absolute atomic E-state index is 0.514. The van der Waals surface area contributed by atoms with E-state index < -0.39 is 0 Å². The summed E-state index contributed by atoms with van der Waals surface area (Å²) in [5.74, 6) is 1.27. The van der Waals surface area contributed by atoms with Crippen LogP contribution >= 0.6 is 0 Å². The second-order valence-corrected chi connectivity index (χ2v) is 3.07.